The Hall–Kier alpha value is -3.28. The number of nitrogens with one attached hydrogen (secondary N) is 1. The predicted octanol–water partition coefficient (Wildman–Crippen LogP) is 3.75. The molecular formula is C16H12N2O4. The van der Waals surface area contributed by atoms with Gasteiger partial charge in [0.15, 0.2) is 5.76 Å². The number of urea groups is 1. The molecule has 2 heterocycles. The molecule has 110 valence electrons. The van der Waals surface area contributed by atoms with Crippen molar-refractivity contribution in [3.05, 3.63) is 72.9 Å². The number of amides is 3. The maximum absolute atomic E-state index is 12.4. The van der Waals surface area contributed by atoms with Gasteiger partial charge in [0, 0.05) is 11.8 Å². The molecule has 3 aromatic rings. The standard InChI is InChI=1S/C16H12N2O4/c19-15(13-8-4-10-21-13)18(14-9-5-11-22-14)16(20)17-12-6-2-1-3-7-12/h1-11H,(H,17,20). The van der Waals surface area contributed by atoms with E-state index < -0.39 is 11.9 Å². The SMILES string of the molecule is O=C(Nc1ccccc1)N(C(=O)c1ccco1)c1ccco1. The highest BCUT2D eigenvalue weighted by atomic mass is 16.4. The van der Waals surface area contributed by atoms with Crippen LogP contribution in [0.1, 0.15) is 10.6 Å². The van der Waals surface area contributed by atoms with Crippen LogP contribution in [0.5, 0.6) is 0 Å². The Balaban J connectivity index is 1.89. The Kier molecular flexibility index (Phi) is 3.74. The number of imide groups is 1. The molecular weight excluding hydrogens is 284 g/mol. The van der Waals surface area contributed by atoms with E-state index >= 15 is 0 Å². The molecule has 0 spiro atoms. The van der Waals surface area contributed by atoms with Crippen LogP contribution in [0.2, 0.25) is 0 Å². The van der Waals surface area contributed by atoms with Crippen molar-refractivity contribution < 1.29 is 18.4 Å². The number of carbonyl (C=O) groups excluding carboxylic acids is 2. The van der Waals surface area contributed by atoms with E-state index in [0.29, 0.717) is 5.69 Å². The van der Waals surface area contributed by atoms with Crippen LogP contribution in [0.15, 0.2) is 76.0 Å². The van der Waals surface area contributed by atoms with E-state index in [0.717, 1.165) is 4.90 Å². The van der Waals surface area contributed by atoms with Crippen molar-refractivity contribution >= 4 is 23.5 Å². The molecule has 1 aromatic carbocycles. The lowest BCUT2D eigenvalue weighted by molar-refractivity contribution is 0.0965. The van der Waals surface area contributed by atoms with Crippen LogP contribution in [0.4, 0.5) is 16.4 Å². The quantitative estimate of drug-likeness (QED) is 0.798. The van der Waals surface area contributed by atoms with Gasteiger partial charge in [0.1, 0.15) is 0 Å². The van der Waals surface area contributed by atoms with E-state index in [4.69, 9.17) is 8.83 Å². The summed E-state index contributed by atoms with van der Waals surface area (Å²) >= 11 is 0. The normalized spacial score (nSPS) is 10.2. The molecule has 1 N–H and O–H groups in total. The summed E-state index contributed by atoms with van der Waals surface area (Å²) in [5.41, 5.74) is 0.566. The molecule has 0 aliphatic rings. The first-order valence-electron chi connectivity index (χ1n) is 6.53. The minimum atomic E-state index is -0.637. The third-order valence-corrected chi connectivity index (χ3v) is 2.89. The Labute approximate surface area is 125 Å². The summed E-state index contributed by atoms with van der Waals surface area (Å²) in [7, 11) is 0. The van der Waals surface area contributed by atoms with Crippen LogP contribution in [-0.4, -0.2) is 11.9 Å². The highest BCUT2D eigenvalue weighted by Crippen LogP contribution is 2.20. The van der Waals surface area contributed by atoms with Crippen molar-refractivity contribution in [2.75, 3.05) is 10.2 Å². The first kappa shape index (κ1) is 13.7. The Morgan fingerprint density at radius 3 is 2.23 bits per heavy atom. The van der Waals surface area contributed by atoms with E-state index in [1.165, 1.54) is 24.7 Å². The number of para-hydroxylation sites is 1. The van der Waals surface area contributed by atoms with E-state index in [1.807, 2.05) is 6.07 Å². The third-order valence-electron chi connectivity index (χ3n) is 2.89. The first-order chi connectivity index (χ1) is 10.8. The third kappa shape index (κ3) is 2.76. The van der Waals surface area contributed by atoms with Gasteiger partial charge in [-0.3, -0.25) is 4.79 Å². The lowest BCUT2D eigenvalue weighted by Crippen LogP contribution is -2.39. The molecule has 0 saturated heterocycles. The van der Waals surface area contributed by atoms with Crippen molar-refractivity contribution in [3.63, 3.8) is 0 Å². The topological polar surface area (TPSA) is 75.7 Å². The molecule has 0 fully saturated rings. The van der Waals surface area contributed by atoms with E-state index in [-0.39, 0.29) is 11.6 Å². The highest BCUT2D eigenvalue weighted by Gasteiger charge is 2.28. The zero-order chi connectivity index (χ0) is 15.4. The summed E-state index contributed by atoms with van der Waals surface area (Å²) in [4.78, 5) is 25.8. The van der Waals surface area contributed by atoms with Crippen LogP contribution in [0.3, 0.4) is 0 Å². The van der Waals surface area contributed by atoms with Gasteiger partial charge >= 0.3 is 11.9 Å². The van der Waals surface area contributed by atoms with Gasteiger partial charge in [-0.25, -0.2) is 4.79 Å². The van der Waals surface area contributed by atoms with Gasteiger partial charge in [-0.15, -0.1) is 0 Å². The number of nitrogens with zero attached hydrogens (tertiary/aromatic N) is 1. The molecule has 0 aliphatic carbocycles. The van der Waals surface area contributed by atoms with Crippen LogP contribution in [-0.2, 0) is 0 Å². The van der Waals surface area contributed by atoms with Crippen molar-refractivity contribution in [2.24, 2.45) is 0 Å². The Morgan fingerprint density at radius 2 is 1.59 bits per heavy atom. The average Bonchev–Trinajstić information content (AvgIpc) is 3.22. The Bertz CT molecular complexity index is 749. The van der Waals surface area contributed by atoms with Gasteiger partial charge in [-0.2, -0.15) is 4.90 Å². The molecule has 22 heavy (non-hydrogen) atoms. The van der Waals surface area contributed by atoms with Gasteiger partial charge in [-0.1, -0.05) is 18.2 Å². The number of rotatable bonds is 3. The predicted molar refractivity (Wildman–Crippen MR) is 79.7 cm³/mol. The number of carbonyl (C=O) groups is 2. The van der Waals surface area contributed by atoms with Gasteiger partial charge < -0.3 is 14.2 Å². The molecule has 6 heteroatoms. The molecule has 6 nitrogen and oxygen atoms in total. The largest absolute Gasteiger partial charge is 0.459 e. The molecule has 2 aromatic heterocycles. The van der Waals surface area contributed by atoms with Crippen LogP contribution in [0, 0.1) is 0 Å². The zero-order valence-electron chi connectivity index (χ0n) is 11.4. The zero-order valence-corrected chi connectivity index (χ0v) is 11.4. The first-order valence-corrected chi connectivity index (χ1v) is 6.53. The smallest absolute Gasteiger partial charge is 0.336 e. The average molecular weight is 296 g/mol. The van der Waals surface area contributed by atoms with Crippen molar-refractivity contribution in [2.45, 2.75) is 0 Å². The second-order valence-electron chi connectivity index (χ2n) is 4.37. The van der Waals surface area contributed by atoms with E-state index in [2.05, 4.69) is 5.32 Å². The maximum Gasteiger partial charge on any atom is 0.336 e. The van der Waals surface area contributed by atoms with Gasteiger partial charge in [0.25, 0.3) is 0 Å². The summed E-state index contributed by atoms with van der Waals surface area (Å²) in [5, 5.41) is 2.64. The highest BCUT2D eigenvalue weighted by molar-refractivity contribution is 6.22. The summed E-state index contributed by atoms with van der Waals surface area (Å²) in [6.45, 7) is 0. The summed E-state index contributed by atoms with van der Waals surface area (Å²) in [6, 6.07) is 14.3. The van der Waals surface area contributed by atoms with Crippen molar-refractivity contribution in [3.8, 4) is 0 Å². The molecule has 0 saturated carbocycles. The molecule has 0 atom stereocenters. The fourth-order valence-corrected chi connectivity index (χ4v) is 1.90. The van der Waals surface area contributed by atoms with Gasteiger partial charge in [0.05, 0.1) is 12.5 Å². The molecule has 0 bridgehead atoms. The second kappa shape index (κ2) is 6.01. The number of hydrogen-bond acceptors (Lipinski definition) is 4. The number of hydrogen-bond donors (Lipinski definition) is 1. The van der Waals surface area contributed by atoms with Crippen LogP contribution >= 0.6 is 0 Å². The molecule has 0 unspecified atom stereocenters. The maximum atomic E-state index is 12.4. The lowest BCUT2D eigenvalue weighted by Gasteiger charge is -2.17. The second-order valence-corrected chi connectivity index (χ2v) is 4.37. The van der Waals surface area contributed by atoms with Gasteiger partial charge in [-0.05, 0) is 30.3 Å². The number of anilines is 2. The monoisotopic (exact) mass is 296 g/mol. The van der Waals surface area contributed by atoms with E-state index in [9.17, 15) is 9.59 Å². The molecule has 0 aliphatic heterocycles. The number of furan rings is 2. The fourth-order valence-electron chi connectivity index (χ4n) is 1.90. The minimum Gasteiger partial charge on any atom is -0.459 e. The van der Waals surface area contributed by atoms with Crippen molar-refractivity contribution in [1.82, 2.24) is 0 Å². The van der Waals surface area contributed by atoms with Crippen molar-refractivity contribution in [1.29, 1.82) is 0 Å². The fraction of sp³-hybridized carbons (Fsp3) is 0. The summed E-state index contributed by atoms with van der Waals surface area (Å²) in [5.74, 6) is -0.470. The van der Waals surface area contributed by atoms with Gasteiger partial charge in [0.2, 0.25) is 5.88 Å². The molecule has 3 amide bonds. The number of benzene rings is 1. The minimum absolute atomic E-state index is 0.0413. The Morgan fingerprint density at radius 1 is 0.864 bits per heavy atom. The van der Waals surface area contributed by atoms with Crippen LogP contribution < -0.4 is 10.2 Å². The summed E-state index contributed by atoms with van der Waals surface area (Å²) < 4.78 is 10.2. The van der Waals surface area contributed by atoms with Crippen LogP contribution in [0.25, 0.3) is 0 Å². The summed E-state index contributed by atoms with van der Waals surface area (Å²) in [6.07, 6.45) is 2.75. The van der Waals surface area contributed by atoms with E-state index in [1.54, 1.807) is 36.4 Å². The lowest BCUT2D eigenvalue weighted by atomic mass is 10.3. The molecule has 3 rings (SSSR count). The molecule has 0 radical (unpaired) electrons.